The largest absolute Gasteiger partial charge is 0.464 e. The van der Waals surface area contributed by atoms with E-state index in [-0.39, 0.29) is 0 Å². The van der Waals surface area contributed by atoms with Crippen LogP contribution in [0.2, 0.25) is 0 Å². The average molecular weight is 1770 g/mol. The van der Waals surface area contributed by atoms with Crippen molar-refractivity contribution in [3.05, 3.63) is 492 Å². The number of benzene rings is 13. The summed E-state index contributed by atoms with van der Waals surface area (Å²) in [7, 11) is 1.86. The van der Waals surface area contributed by atoms with Gasteiger partial charge in [-0.05, 0) is 193 Å². The van der Waals surface area contributed by atoms with Crippen molar-refractivity contribution in [1.29, 1.82) is 0 Å². The van der Waals surface area contributed by atoms with Crippen LogP contribution < -0.4 is 10.6 Å². The van der Waals surface area contributed by atoms with Crippen LogP contribution in [-0.4, -0.2) is 86.8 Å². The molecule has 11 heterocycles. The van der Waals surface area contributed by atoms with Gasteiger partial charge in [0.25, 0.3) is 0 Å². The second kappa shape index (κ2) is 61.2. The minimum atomic E-state index is 0.905. The standard InChI is InChI=1S/C14H14.C12H10.C10H8.C9H9N3.C9H17N.C9H7N.2C8H7N.C8H6O.C7H5NS.C6H6.C5H11N.C5H5N.C4H4N2.C3H4N2/c1-2-12-8-10-14(11-9-12)13-6-4-3-5-7-13;1-3-7-11(8-4-1)12-9-5-2-6-10-12;1-2-6-10-8-4-3-7-9(10)5-1;1-12-7-9(10-11-12)8-5-3-2-4-6-8;2*1-2-6-9-8(4-1)5-3-7-10-9;3*1-2-4-8-7(3-1)5-6-9-8;1-2-4-7-6(3-1)8-5-9-7;3*1-2-4-6-5-3-1;1-2-5-4-6-3-1;1-2-5-3-4-1/h3-11H,2H2,1H3;1-10H;1-8H;2-7H,1H3;8-10H,1-7H2;1-7H;1-4,6H,5H2;1-6,9H;1-6H;1-5H;1-6H;6H,1-5H2;1-5H;1-4H;1-3H,(H,4,5). The van der Waals surface area contributed by atoms with Crippen molar-refractivity contribution in [2.45, 2.75) is 83.6 Å². The lowest BCUT2D eigenvalue weighted by atomic mass is 9.80. The second-order valence-electron chi connectivity index (χ2n) is 30.7. The molecule has 15 nitrogen and oxygen atoms in total. The summed E-state index contributed by atoms with van der Waals surface area (Å²) in [6.45, 7) is 5.96. The molecular formula is C117H120N14OS. The number of para-hydroxylation sites is 5. The van der Waals surface area contributed by atoms with E-state index in [1.165, 1.54) is 149 Å². The first-order valence-electron chi connectivity index (χ1n) is 45.6. The molecule has 8 aromatic heterocycles. The van der Waals surface area contributed by atoms with Gasteiger partial charge in [0.1, 0.15) is 17.6 Å². The molecule has 133 heavy (non-hydrogen) atoms. The number of imidazole rings is 1. The van der Waals surface area contributed by atoms with Crippen LogP contribution in [0, 0.1) is 5.92 Å². The lowest BCUT2D eigenvalue weighted by Crippen LogP contribution is -2.42. The van der Waals surface area contributed by atoms with Crippen molar-refractivity contribution in [3.63, 3.8) is 0 Å². The fraction of sp³-hybridized carbons (Fsp3) is 0.154. The monoisotopic (exact) mass is 1770 g/mol. The highest BCUT2D eigenvalue weighted by molar-refractivity contribution is 7.16. The Bertz CT molecular complexity index is 5770. The number of aliphatic imine (C=N–C) groups is 1. The minimum absolute atomic E-state index is 0.905. The number of H-pyrrole nitrogens is 2. The Morgan fingerprint density at radius 2 is 0.917 bits per heavy atom. The predicted molar refractivity (Wildman–Crippen MR) is 559 cm³/mol. The molecule has 0 spiro atoms. The highest BCUT2D eigenvalue weighted by Crippen LogP contribution is 2.31. The van der Waals surface area contributed by atoms with Gasteiger partial charge in [-0.3, -0.25) is 19.6 Å². The predicted octanol–water partition coefficient (Wildman–Crippen LogP) is 29.0. The van der Waals surface area contributed by atoms with Crippen LogP contribution in [0.5, 0.6) is 0 Å². The summed E-state index contributed by atoms with van der Waals surface area (Å²) in [5, 5.41) is 21.0. The Labute approximate surface area is 788 Å². The minimum Gasteiger partial charge on any atom is -0.464 e. The molecule has 2 atom stereocenters. The van der Waals surface area contributed by atoms with Crippen molar-refractivity contribution in [2.75, 3.05) is 19.6 Å². The van der Waals surface area contributed by atoms with Crippen LogP contribution in [0.15, 0.2) is 490 Å². The Balaban J connectivity index is 0.000000138. The van der Waals surface area contributed by atoms with E-state index in [1.54, 1.807) is 71.9 Å². The van der Waals surface area contributed by atoms with Gasteiger partial charge in [0, 0.05) is 97.2 Å². The van der Waals surface area contributed by atoms with Crippen LogP contribution in [0.3, 0.4) is 0 Å². The third kappa shape index (κ3) is 38.1. The molecule has 1 saturated carbocycles. The maximum atomic E-state index is 5.12. The smallest absolute Gasteiger partial charge is 0.133 e. The molecule has 4 aliphatic rings. The highest BCUT2D eigenvalue weighted by Gasteiger charge is 2.26. The van der Waals surface area contributed by atoms with E-state index >= 15 is 0 Å². The van der Waals surface area contributed by atoms with Crippen molar-refractivity contribution >= 4 is 77.0 Å². The zero-order valence-corrected chi connectivity index (χ0v) is 76.8. The molecule has 670 valence electrons. The fourth-order valence-corrected chi connectivity index (χ4v) is 14.9. The Kier molecular flexibility index (Phi) is 45.2. The molecule has 21 aromatic rings. The first-order valence-corrected chi connectivity index (χ1v) is 46.5. The molecule has 4 N–H and O–H groups in total. The zero-order valence-electron chi connectivity index (χ0n) is 76.0. The van der Waals surface area contributed by atoms with Gasteiger partial charge < -0.3 is 25.0 Å². The van der Waals surface area contributed by atoms with E-state index in [4.69, 9.17) is 4.42 Å². The van der Waals surface area contributed by atoms with E-state index in [1.807, 2.05) is 244 Å². The maximum absolute atomic E-state index is 5.12. The summed E-state index contributed by atoms with van der Waals surface area (Å²) in [4.78, 5) is 33.2. The number of thiazole rings is 1. The number of pyridine rings is 2. The number of aromatic nitrogens is 11. The quantitative estimate of drug-likeness (QED) is 0.131. The number of fused-ring (bicyclic) bond motifs is 7. The first kappa shape index (κ1) is 98.3. The summed E-state index contributed by atoms with van der Waals surface area (Å²) in [5.41, 5.74) is 17.2. The number of hydrogen-bond acceptors (Lipinski definition) is 13. The van der Waals surface area contributed by atoms with Gasteiger partial charge in [0.05, 0.1) is 45.7 Å². The molecular weight excluding hydrogens is 1650 g/mol. The van der Waals surface area contributed by atoms with E-state index in [2.05, 4.69) is 261 Å². The molecule has 13 aromatic carbocycles. The Morgan fingerprint density at radius 1 is 0.391 bits per heavy atom. The van der Waals surface area contributed by atoms with Gasteiger partial charge in [-0.1, -0.05) is 359 Å². The maximum Gasteiger partial charge on any atom is 0.133 e. The Hall–Kier alpha value is -15.3. The molecule has 1 aliphatic carbocycles. The van der Waals surface area contributed by atoms with Crippen LogP contribution in [-0.2, 0) is 19.9 Å². The molecule has 25 rings (SSSR count). The summed E-state index contributed by atoms with van der Waals surface area (Å²) in [6, 6.07) is 136. The number of aromatic amines is 2. The van der Waals surface area contributed by atoms with Crippen LogP contribution in [0.1, 0.15) is 75.8 Å². The van der Waals surface area contributed by atoms with Crippen molar-refractivity contribution in [3.8, 4) is 33.5 Å². The van der Waals surface area contributed by atoms with Gasteiger partial charge in [-0.2, -0.15) is 0 Å². The second-order valence-corrected chi connectivity index (χ2v) is 31.6. The van der Waals surface area contributed by atoms with Gasteiger partial charge in [-0.15, -0.1) is 16.4 Å². The van der Waals surface area contributed by atoms with Crippen molar-refractivity contribution < 1.29 is 4.42 Å². The van der Waals surface area contributed by atoms with Crippen LogP contribution >= 0.6 is 11.3 Å². The summed E-state index contributed by atoms with van der Waals surface area (Å²) >= 11 is 1.68. The van der Waals surface area contributed by atoms with E-state index in [0.717, 1.165) is 63.7 Å². The summed E-state index contributed by atoms with van der Waals surface area (Å²) in [6.07, 6.45) is 37.9. The molecule has 3 aliphatic heterocycles. The molecule has 0 radical (unpaired) electrons. The van der Waals surface area contributed by atoms with Crippen molar-refractivity contribution in [2.24, 2.45) is 18.0 Å². The lowest BCUT2D eigenvalue weighted by Gasteiger charge is -2.36. The fourth-order valence-electron chi connectivity index (χ4n) is 14.3. The molecule has 3 fully saturated rings. The number of hydrogen-bond donors (Lipinski definition) is 4. The number of aryl methyl sites for hydroxylation is 2. The Morgan fingerprint density at radius 3 is 1.42 bits per heavy atom. The van der Waals surface area contributed by atoms with E-state index < -0.39 is 0 Å². The van der Waals surface area contributed by atoms with Crippen molar-refractivity contribution in [1.82, 2.24) is 65.5 Å². The van der Waals surface area contributed by atoms with Gasteiger partial charge >= 0.3 is 0 Å². The number of furan rings is 1. The van der Waals surface area contributed by atoms with Crippen LogP contribution in [0.25, 0.3) is 87.3 Å². The number of nitrogens with one attached hydrogen (secondary N) is 4. The zero-order chi connectivity index (χ0) is 91.8. The third-order valence-electron chi connectivity index (χ3n) is 21.2. The third-order valence-corrected chi connectivity index (χ3v) is 22.0. The molecule has 0 bridgehead atoms. The van der Waals surface area contributed by atoms with Crippen LogP contribution in [0.4, 0.5) is 5.69 Å². The van der Waals surface area contributed by atoms with Gasteiger partial charge in [0.2, 0.25) is 0 Å². The normalized spacial score (nSPS) is 12.9. The number of rotatable bonds is 4. The number of piperidine rings is 2. The topological polar surface area (TPSA) is 189 Å². The molecule has 2 saturated heterocycles. The van der Waals surface area contributed by atoms with E-state index in [9.17, 15) is 0 Å². The molecule has 2 unspecified atom stereocenters. The number of nitrogens with zero attached hydrogens (tertiary/aromatic N) is 10. The highest BCUT2D eigenvalue weighted by atomic mass is 32.1. The average Bonchev–Trinajstić information content (AvgIpc) is 1.87. The van der Waals surface area contributed by atoms with Gasteiger partial charge in [0.15, 0.2) is 0 Å². The first-order chi connectivity index (χ1) is 66.0. The van der Waals surface area contributed by atoms with E-state index in [0.29, 0.717) is 0 Å². The molecule has 16 heteroatoms. The SMILES string of the molecule is C1=Nc2ccccc2C1.C1CCC2NCCCC2C1.C1CCNCC1.CCc1ccc(-c2ccccc2)cc1.Cn1cc(-c2ccccc2)nn1.c1c[nH]cn1.c1ccc(-c2ccccc2)cc1.c1ccc2[nH]ccc2c1.c1ccc2ccccc2c1.c1ccc2ncccc2c1.c1ccc2occc2c1.c1ccc2scnc2c1.c1ccccc1.c1ccncc1.c1cncnc1. The molecule has 0 amide bonds. The summed E-state index contributed by atoms with van der Waals surface area (Å²) < 4.78 is 8.08. The van der Waals surface area contributed by atoms with Gasteiger partial charge in [-0.25, -0.2) is 19.9 Å². The summed E-state index contributed by atoms with van der Waals surface area (Å²) in [5.74, 6) is 1.04. The lowest BCUT2D eigenvalue weighted by molar-refractivity contribution is 0.212.